The average molecular weight is 388 g/mol. The molecule has 2 aromatic carbocycles. The number of anilines is 1. The SMILES string of the molecule is Cc1ccc(S(=O)(=O)N(CC(=O)NN)c2c(Cl)cccc2Cl)cc1. The number of sulfonamides is 1. The van der Waals surface area contributed by atoms with E-state index < -0.39 is 22.5 Å². The third kappa shape index (κ3) is 3.81. The van der Waals surface area contributed by atoms with Crippen LogP contribution in [0.25, 0.3) is 0 Å². The fourth-order valence-corrected chi connectivity index (χ4v) is 4.19. The summed E-state index contributed by atoms with van der Waals surface area (Å²) in [6.45, 7) is 1.27. The molecule has 0 fully saturated rings. The molecule has 0 saturated heterocycles. The van der Waals surface area contributed by atoms with E-state index in [1.54, 1.807) is 18.2 Å². The van der Waals surface area contributed by atoms with E-state index in [2.05, 4.69) is 0 Å². The van der Waals surface area contributed by atoms with E-state index in [0.717, 1.165) is 9.87 Å². The lowest BCUT2D eigenvalue weighted by Crippen LogP contribution is -2.43. The normalized spacial score (nSPS) is 11.2. The zero-order valence-corrected chi connectivity index (χ0v) is 15.0. The molecule has 0 aliphatic heterocycles. The molecule has 0 bridgehead atoms. The number of hydrogen-bond acceptors (Lipinski definition) is 4. The number of benzene rings is 2. The molecule has 3 N–H and O–H groups in total. The van der Waals surface area contributed by atoms with Gasteiger partial charge in [0.05, 0.1) is 20.6 Å². The van der Waals surface area contributed by atoms with E-state index in [-0.39, 0.29) is 20.6 Å². The van der Waals surface area contributed by atoms with Crippen LogP contribution in [0.3, 0.4) is 0 Å². The van der Waals surface area contributed by atoms with Gasteiger partial charge in [0.15, 0.2) is 0 Å². The Morgan fingerprint density at radius 1 is 1.12 bits per heavy atom. The molecule has 0 unspecified atom stereocenters. The molecule has 0 atom stereocenters. The van der Waals surface area contributed by atoms with E-state index in [9.17, 15) is 13.2 Å². The van der Waals surface area contributed by atoms with Crippen LogP contribution in [0, 0.1) is 6.92 Å². The van der Waals surface area contributed by atoms with E-state index in [4.69, 9.17) is 29.0 Å². The summed E-state index contributed by atoms with van der Waals surface area (Å²) in [5, 5.41) is 0.200. The third-order valence-electron chi connectivity index (χ3n) is 3.24. The monoisotopic (exact) mass is 387 g/mol. The Hall–Kier alpha value is -1.80. The number of halogens is 2. The van der Waals surface area contributed by atoms with Crippen LogP contribution in [0.4, 0.5) is 5.69 Å². The third-order valence-corrected chi connectivity index (χ3v) is 5.61. The van der Waals surface area contributed by atoms with Gasteiger partial charge in [-0.1, -0.05) is 47.0 Å². The van der Waals surface area contributed by atoms with Crippen LogP contribution >= 0.6 is 23.2 Å². The summed E-state index contributed by atoms with van der Waals surface area (Å²) in [5.74, 6) is 4.38. The summed E-state index contributed by atoms with van der Waals surface area (Å²) in [6.07, 6.45) is 0. The maximum Gasteiger partial charge on any atom is 0.264 e. The van der Waals surface area contributed by atoms with Crippen LogP contribution in [-0.2, 0) is 14.8 Å². The van der Waals surface area contributed by atoms with Crippen molar-refractivity contribution in [2.24, 2.45) is 5.84 Å². The molecule has 0 aliphatic carbocycles. The molecule has 128 valence electrons. The summed E-state index contributed by atoms with van der Waals surface area (Å²) in [4.78, 5) is 11.7. The molecule has 0 heterocycles. The van der Waals surface area contributed by atoms with Gasteiger partial charge in [-0.3, -0.25) is 14.5 Å². The fraction of sp³-hybridized carbons (Fsp3) is 0.133. The van der Waals surface area contributed by atoms with Crippen molar-refractivity contribution in [2.45, 2.75) is 11.8 Å². The number of nitrogens with two attached hydrogens (primary N) is 1. The Bertz CT molecular complexity index is 835. The van der Waals surface area contributed by atoms with Crippen LogP contribution in [0.5, 0.6) is 0 Å². The molecular formula is C15H15Cl2N3O3S. The van der Waals surface area contributed by atoms with Gasteiger partial charge in [-0.15, -0.1) is 0 Å². The maximum absolute atomic E-state index is 13.0. The highest BCUT2D eigenvalue weighted by Crippen LogP contribution is 2.36. The number of nitrogens with zero attached hydrogens (tertiary/aromatic N) is 1. The van der Waals surface area contributed by atoms with Crippen LogP contribution in [-0.4, -0.2) is 20.9 Å². The van der Waals surface area contributed by atoms with E-state index in [1.165, 1.54) is 24.3 Å². The Labute approximate surface area is 150 Å². The van der Waals surface area contributed by atoms with Crippen molar-refractivity contribution in [3.8, 4) is 0 Å². The molecule has 24 heavy (non-hydrogen) atoms. The van der Waals surface area contributed by atoms with Crippen molar-refractivity contribution in [2.75, 3.05) is 10.8 Å². The standard InChI is InChI=1S/C15H15Cl2N3O3S/c1-10-5-7-11(8-6-10)24(22,23)20(9-14(21)19-18)15-12(16)3-2-4-13(15)17/h2-8H,9,18H2,1H3,(H,19,21). The van der Waals surface area contributed by atoms with Gasteiger partial charge in [0.2, 0.25) is 0 Å². The molecule has 0 aromatic heterocycles. The Balaban J connectivity index is 2.62. The van der Waals surface area contributed by atoms with Gasteiger partial charge in [0.1, 0.15) is 6.54 Å². The Morgan fingerprint density at radius 3 is 2.17 bits per heavy atom. The minimum atomic E-state index is -4.07. The second kappa shape index (κ2) is 7.40. The topological polar surface area (TPSA) is 92.5 Å². The first-order valence-corrected chi connectivity index (χ1v) is 9.00. The molecule has 0 radical (unpaired) electrons. The number of para-hydroxylation sites is 1. The summed E-state index contributed by atoms with van der Waals surface area (Å²) in [7, 11) is -4.07. The second-order valence-corrected chi connectivity index (χ2v) is 7.64. The molecule has 2 rings (SSSR count). The molecule has 0 spiro atoms. The van der Waals surface area contributed by atoms with E-state index >= 15 is 0 Å². The summed E-state index contributed by atoms with van der Waals surface area (Å²) in [5.41, 5.74) is 2.82. The number of hydrazine groups is 1. The van der Waals surface area contributed by atoms with Gasteiger partial charge in [0, 0.05) is 0 Å². The quantitative estimate of drug-likeness (QED) is 0.468. The number of hydrogen-bond donors (Lipinski definition) is 2. The van der Waals surface area contributed by atoms with Crippen molar-refractivity contribution in [1.29, 1.82) is 0 Å². The van der Waals surface area contributed by atoms with Gasteiger partial charge >= 0.3 is 0 Å². The first kappa shape index (κ1) is 18.5. The Kier molecular flexibility index (Phi) is 5.71. The lowest BCUT2D eigenvalue weighted by atomic mass is 10.2. The van der Waals surface area contributed by atoms with E-state index in [1.807, 2.05) is 12.3 Å². The molecular weight excluding hydrogens is 373 g/mol. The summed E-state index contributed by atoms with van der Waals surface area (Å²) < 4.78 is 26.8. The summed E-state index contributed by atoms with van der Waals surface area (Å²) >= 11 is 12.2. The van der Waals surface area contributed by atoms with E-state index in [0.29, 0.717) is 0 Å². The van der Waals surface area contributed by atoms with Crippen molar-refractivity contribution in [3.05, 3.63) is 58.1 Å². The maximum atomic E-state index is 13.0. The lowest BCUT2D eigenvalue weighted by molar-refractivity contribution is -0.119. The molecule has 6 nitrogen and oxygen atoms in total. The van der Waals surface area contributed by atoms with Gasteiger partial charge in [-0.2, -0.15) is 0 Å². The molecule has 2 aromatic rings. The highest BCUT2D eigenvalue weighted by molar-refractivity contribution is 7.92. The smallest absolute Gasteiger partial charge is 0.264 e. The first-order valence-electron chi connectivity index (χ1n) is 6.80. The van der Waals surface area contributed by atoms with Crippen molar-refractivity contribution >= 4 is 44.8 Å². The minimum Gasteiger partial charge on any atom is -0.293 e. The largest absolute Gasteiger partial charge is 0.293 e. The summed E-state index contributed by atoms with van der Waals surface area (Å²) in [6, 6.07) is 10.8. The second-order valence-electron chi connectivity index (χ2n) is 4.96. The van der Waals surface area contributed by atoms with Crippen LogP contribution in [0.2, 0.25) is 10.0 Å². The minimum absolute atomic E-state index is 0.00825. The predicted molar refractivity (Wildman–Crippen MR) is 94.5 cm³/mol. The van der Waals surface area contributed by atoms with Gasteiger partial charge in [-0.05, 0) is 31.2 Å². The molecule has 9 heteroatoms. The predicted octanol–water partition coefficient (Wildman–Crippen LogP) is 2.49. The number of amides is 1. The zero-order valence-electron chi connectivity index (χ0n) is 12.7. The van der Waals surface area contributed by atoms with Crippen LogP contribution in [0.1, 0.15) is 5.56 Å². The number of rotatable bonds is 5. The average Bonchev–Trinajstić information content (AvgIpc) is 2.53. The van der Waals surface area contributed by atoms with Crippen LogP contribution in [0.15, 0.2) is 47.4 Å². The molecule has 1 amide bonds. The lowest BCUT2D eigenvalue weighted by Gasteiger charge is -2.25. The molecule has 0 aliphatic rings. The van der Waals surface area contributed by atoms with Gasteiger partial charge < -0.3 is 0 Å². The van der Waals surface area contributed by atoms with Crippen molar-refractivity contribution in [3.63, 3.8) is 0 Å². The number of nitrogens with one attached hydrogen (secondary N) is 1. The zero-order chi connectivity index (χ0) is 17.9. The highest BCUT2D eigenvalue weighted by atomic mass is 35.5. The number of carbonyl (C=O) groups excluding carboxylic acids is 1. The van der Waals surface area contributed by atoms with Crippen molar-refractivity contribution < 1.29 is 13.2 Å². The number of carbonyl (C=O) groups is 1. The number of aryl methyl sites for hydroxylation is 1. The highest BCUT2D eigenvalue weighted by Gasteiger charge is 2.30. The fourth-order valence-electron chi connectivity index (χ4n) is 2.03. The Morgan fingerprint density at radius 2 is 1.67 bits per heavy atom. The van der Waals surface area contributed by atoms with Gasteiger partial charge in [0.25, 0.3) is 15.9 Å². The van der Waals surface area contributed by atoms with Crippen molar-refractivity contribution in [1.82, 2.24) is 5.43 Å². The molecule has 0 saturated carbocycles. The first-order chi connectivity index (χ1) is 11.3. The van der Waals surface area contributed by atoms with Gasteiger partial charge in [-0.25, -0.2) is 14.3 Å². The van der Waals surface area contributed by atoms with Crippen LogP contribution < -0.4 is 15.6 Å².